The first-order chi connectivity index (χ1) is 14.7. The maximum absolute atomic E-state index is 6.07. The zero-order valence-electron chi connectivity index (χ0n) is 20.7. The molecule has 0 radical (unpaired) electrons. The fourth-order valence-electron chi connectivity index (χ4n) is 3.96. The Labute approximate surface area is 190 Å². The standard InChI is InChI=1S/C29H41NO/c1-9-12-23(10-2)20-28-22(5)24(19-21(4)30-28)13-16-26(11-3)31-27-17-14-25(15-18-27)29(6,7)8/h11,13-19,22-23H,3,9-10,12,20H2,1-2,4-8H3/b24-13-,26-16+. The molecule has 1 heterocycles. The molecule has 0 bridgehead atoms. The molecule has 1 aromatic rings. The number of hydrogen-bond acceptors (Lipinski definition) is 2. The van der Waals surface area contributed by atoms with Gasteiger partial charge in [0, 0.05) is 17.3 Å². The summed E-state index contributed by atoms with van der Waals surface area (Å²) >= 11 is 0. The van der Waals surface area contributed by atoms with Crippen molar-refractivity contribution < 1.29 is 4.74 Å². The summed E-state index contributed by atoms with van der Waals surface area (Å²) in [6.07, 6.45) is 12.9. The first-order valence-corrected chi connectivity index (χ1v) is 11.8. The van der Waals surface area contributed by atoms with Crippen molar-refractivity contribution in [1.82, 2.24) is 0 Å². The van der Waals surface area contributed by atoms with E-state index in [2.05, 4.69) is 79.3 Å². The molecule has 0 aromatic heterocycles. The van der Waals surface area contributed by atoms with Gasteiger partial charge in [-0.2, -0.15) is 0 Å². The number of hydrogen-bond donors (Lipinski definition) is 0. The summed E-state index contributed by atoms with van der Waals surface area (Å²) in [4.78, 5) is 4.89. The quantitative estimate of drug-likeness (QED) is 0.290. The Kier molecular flexibility index (Phi) is 9.10. The van der Waals surface area contributed by atoms with Crippen molar-refractivity contribution in [3.8, 4) is 5.75 Å². The van der Waals surface area contributed by atoms with Crippen LogP contribution in [0, 0.1) is 11.8 Å². The lowest BCUT2D eigenvalue weighted by Crippen LogP contribution is -2.20. The van der Waals surface area contributed by atoms with E-state index in [4.69, 9.17) is 9.73 Å². The van der Waals surface area contributed by atoms with Crippen LogP contribution >= 0.6 is 0 Å². The number of ether oxygens (including phenoxy) is 1. The molecule has 2 rings (SSSR count). The fourth-order valence-corrected chi connectivity index (χ4v) is 3.96. The summed E-state index contributed by atoms with van der Waals surface area (Å²) in [5, 5.41) is 0. The van der Waals surface area contributed by atoms with Crippen LogP contribution in [0.4, 0.5) is 0 Å². The Bertz CT molecular complexity index is 859. The molecule has 0 aliphatic carbocycles. The van der Waals surface area contributed by atoms with Crippen molar-refractivity contribution in [3.63, 3.8) is 0 Å². The first kappa shape index (κ1) is 24.9. The molecular weight excluding hydrogens is 378 g/mol. The monoisotopic (exact) mass is 419 g/mol. The number of aliphatic imine (C=N–C) groups is 1. The number of allylic oxidation sites excluding steroid dienone is 6. The highest BCUT2D eigenvalue weighted by Gasteiger charge is 2.21. The van der Waals surface area contributed by atoms with Crippen LogP contribution in [0.15, 0.2) is 77.2 Å². The smallest absolute Gasteiger partial charge is 0.127 e. The van der Waals surface area contributed by atoms with Crippen molar-refractivity contribution in [3.05, 3.63) is 77.7 Å². The van der Waals surface area contributed by atoms with Crippen molar-refractivity contribution in [1.29, 1.82) is 0 Å². The van der Waals surface area contributed by atoms with E-state index in [1.54, 1.807) is 6.08 Å². The van der Waals surface area contributed by atoms with Crippen LogP contribution in [0.25, 0.3) is 0 Å². The molecule has 1 aromatic carbocycles. The lowest BCUT2D eigenvalue weighted by atomic mass is 9.84. The molecule has 2 heteroatoms. The van der Waals surface area contributed by atoms with Crippen LogP contribution < -0.4 is 4.74 Å². The summed E-state index contributed by atoms with van der Waals surface area (Å²) in [5.74, 6) is 2.62. The first-order valence-electron chi connectivity index (χ1n) is 11.8. The largest absolute Gasteiger partial charge is 0.457 e. The molecule has 0 fully saturated rings. The molecule has 168 valence electrons. The molecule has 0 spiro atoms. The van der Waals surface area contributed by atoms with Gasteiger partial charge in [-0.3, -0.25) is 4.99 Å². The van der Waals surface area contributed by atoms with Gasteiger partial charge in [-0.15, -0.1) is 0 Å². The van der Waals surface area contributed by atoms with E-state index in [9.17, 15) is 0 Å². The highest BCUT2D eigenvalue weighted by molar-refractivity contribution is 5.91. The van der Waals surface area contributed by atoms with E-state index >= 15 is 0 Å². The zero-order valence-corrected chi connectivity index (χ0v) is 20.7. The molecule has 2 unspecified atom stereocenters. The van der Waals surface area contributed by atoms with Gasteiger partial charge in [0.2, 0.25) is 0 Å². The molecule has 0 saturated heterocycles. The molecule has 2 nitrogen and oxygen atoms in total. The molecule has 1 aliphatic rings. The SMILES string of the molecule is C=C/C(=C\C=C1\C=C(C)N=C(CC(CC)CCC)C1C)Oc1ccc(C(C)(C)C)cc1. The second kappa shape index (κ2) is 11.3. The van der Waals surface area contributed by atoms with Gasteiger partial charge in [0.25, 0.3) is 0 Å². The Morgan fingerprint density at radius 3 is 2.42 bits per heavy atom. The summed E-state index contributed by atoms with van der Waals surface area (Å²) < 4.78 is 6.07. The van der Waals surface area contributed by atoms with Gasteiger partial charge in [-0.25, -0.2) is 0 Å². The van der Waals surface area contributed by atoms with Gasteiger partial charge in [-0.05, 0) is 66.2 Å². The van der Waals surface area contributed by atoms with E-state index in [0.717, 1.165) is 29.5 Å². The van der Waals surface area contributed by atoms with Gasteiger partial charge in [-0.1, -0.05) is 85.6 Å². The third-order valence-corrected chi connectivity index (χ3v) is 6.06. The average Bonchev–Trinajstić information content (AvgIpc) is 2.73. The zero-order chi connectivity index (χ0) is 23.0. The van der Waals surface area contributed by atoms with Gasteiger partial charge >= 0.3 is 0 Å². The van der Waals surface area contributed by atoms with E-state index in [-0.39, 0.29) is 5.41 Å². The Balaban J connectivity index is 2.16. The molecule has 31 heavy (non-hydrogen) atoms. The predicted octanol–water partition coefficient (Wildman–Crippen LogP) is 8.57. The minimum atomic E-state index is 0.133. The minimum absolute atomic E-state index is 0.133. The molecule has 0 N–H and O–H groups in total. The average molecular weight is 420 g/mol. The summed E-state index contributed by atoms with van der Waals surface area (Å²) in [6.45, 7) is 19.5. The third kappa shape index (κ3) is 7.38. The normalized spacial score (nSPS) is 19.6. The van der Waals surface area contributed by atoms with E-state index in [1.165, 1.54) is 36.1 Å². The lowest BCUT2D eigenvalue weighted by molar-refractivity contribution is 0.444. The highest BCUT2D eigenvalue weighted by atomic mass is 16.5. The third-order valence-electron chi connectivity index (χ3n) is 6.06. The maximum atomic E-state index is 6.07. The number of benzene rings is 1. The summed E-state index contributed by atoms with van der Waals surface area (Å²) in [6, 6.07) is 8.32. The van der Waals surface area contributed by atoms with Crippen molar-refractivity contribution in [2.75, 3.05) is 0 Å². The van der Waals surface area contributed by atoms with E-state index in [1.807, 2.05) is 18.2 Å². The van der Waals surface area contributed by atoms with Gasteiger partial charge in [0.05, 0.1) is 0 Å². The van der Waals surface area contributed by atoms with Crippen LogP contribution in [-0.4, -0.2) is 5.71 Å². The van der Waals surface area contributed by atoms with Crippen molar-refractivity contribution >= 4 is 5.71 Å². The van der Waals surface area contributed by atoms with Gasteiger partial charge in [0.1, 0.15) is 11.5 Å². The maximum Gasteiger partial charge on any atom is 0.127 e. The van der Waals surface area contributed by atoms with E-state index in [0.29, 0.717) is 5.92 Å². The van der Waals surface area contributed by atoms with Crippen LogP contribution in [0.1, 0.15) is 79.7 Å². The topological polar surface area (TPSA) is 21.6 Å². The summed E-state index contributed by atoms with van der Waals surface area (Å²) in [5.41, 5.74) is 5.09. The minimum Gasteiger partial charge on any atom is -0.457 e. The van der Waals surface area contributed by atoms with Crippen LogP contribution in [0.3, 0.4) is 0 Å². The second-order valence-electron chi connectivity index (χ2n) is 9.69. The van der Waals surface area contributed by atoms with Crippen LogP contribution in [0.2, 0.25) is 0 Å². The van der Waals surface area contributed by atoms with Gasteiger partial charge in [0.15, 0.2) is 0 Å². The molecular formula is C29H41NO. The number of rotatable bonds is 9. The van der Waals surface area contributed by atoms with Crippen molar-refractivity contribution in [2.24, 2.45) is 16.8 Å². The Morgan fingerprint density at radius 1 is 1.19 bits per heavy atom. The van der Waals surface area contributed by atoms with E-state index < -0.39 is 0 Å². The number of nitrogens with zero attached hydrogens (tertiary/aromatic N) is 1. The van der Waals surface area contributed by atoms with Crippen LogP contribution in [-0.2, 0) is 5.41 Å². The van der Waals surface area contributed by atoms with Crippen LogP contribution in [0.5, 0.6) is 5.75 Å². The molecule has 0 saturated carbocycles. The Hall–Kier alpha value is -2.35. The molecule has 1 aliphatic heterocycles. The fraction of sp³-hybridized carbons (Fsp3) is 0.483. The predicted molar refractivity (Wildman–Crippen MR) is 136 cm³/mol. The Morgan fingerprint density at radius 2 is 1.87 bits per heavy atom. The van der Waals surface area contributed by atoms with Crippen molar-refractivity contribution in [2.45, 2.75) is 79.6 Å². The van der Waals surface area contributed by atoms with Gasteiger partial charge < -0.3 is 4.74 Å². The molecule has 0 amide bonds. The lowest BCUT2D eigenvalue weighted by Gasteiger charge is -2.24. The molecule has 2 atom stereocenters. The second-order valence-corrected chi connectivity index (χ2v) is 9.69. The highest BCUT2D eigenvalue weighted by Crippen LogP contribution is 2.29. The summed E-state index contributed by atoms with van der Waals surface area (Å²) in [7, 11) is 0.